The number of phenolic OH excluding ortho intramolecular Hbond substituents is 1. The Kier molecular flexibility index (Phi) is 12.4. The van der Waals surface area contributed by atoms with Gasteiger partial charge in [-0.3, -0.25) is 9.80 Å². The summed E-state index contributed by atoms with van der Waals surface area (Å²) in [6.07, 6.45) is 0.242. The molecule has 0 aliphatic rings. The van der Waals surface area contributed by atoms with Crippen LogP contribution in [0.15, 0.2) is 84.9 Å². The molecule has 39 heavy (non-hydrogen) atoms. The van der Waals surface area contributed by atoms with E-state index in [4.69, 9.17) is 9.47 Å². The summed E-state index contributed by atoms with van der Waals surface area (Å²) in [5.41, 5.74) is 3.20. The number of aliphatic hydroxyl groups is 2. The Morgan fingerprint density at radius 2 is 1.28 bits per heavy atom. The maximum absolute atomic E-state index is 10.4. The molecule has 0 aliphatic carbocycles. The lowest BCUT2D eigenvalue weighted by Crippen LogP contribution is -2.58. The third-order valence-corrected chi connectivity index (χ3v) is 7.24. The Hall–Kier alpha value is -2.78. The van der Waals surface area contributed by atoms with E-state index in [1.54, 1.807) is 6.07 Å². The summed E-state index contributed by atoms with van der Waals surface area (Å²) in [6.45, 7) is 7.32. The van der Waals surface area contributed by atoms with Gasteiger partial charge >= 0.3 is 0 Å². The maximum atomic E-state index is 10.4. The highest BCUT2D eigenvalue weighted by Gasteiger charge is 2.36. The van der Waals surface area contributed by atoms with Gasteiger partial charge in [-0.2, -0.15) is 0 Å². The lowest BCUT2D eigenvalue weighted by Gasteiger charge is -2.43. The molecule has 3 aromatic carbocycles. The van der Waals surface area contributed by atoms with Gasteiger partial charge in [0.05, 0.1) is 13.2 Å². The third-order valence-electron chi connectivity index (χ3n) is 7.24. The minimum Gasteiger partial charge on any atom is -0.508 e. The SMILES string of the molecule is CC(NC(Cc1ccccc1)Cc1ccccc1O)OC(C)OC(C)[N+](CCO)(CCO)Cc1ccccc1. The molecular weight excluding hydrogens is 492 g/mol. The Balaban J connectivity index is 1.66. The minimum absolute atomic E-state index is 0.0127. The van der Waals surface area contributed by atoms with Gasteiger partial charge in [0.15, 0.2) is 12.5 Å². The van der Waals surface area contributed by atoms with E-state index < -0.39 is 6.29 Å². The summed E-state index contributed by atoms with van der Waals surface area (Å²) in [5.74, 6) is 0.289. The van der Waals surface area contributed by atoms with Crippen LogP contribution < -0.4 is 5.32 Å². The van der Waals surface area contributed by atoms with Gasteiger partial charge in [0.2, 0.25) is 0 Å². The fourth-order valence-corrected chi connectivity index (χ4v) is 5.24. The summed E-state index contributed by atoms with van der Waals surface area (Å²) in [5, 5.41) is 33.7. The number of nitrogens with zero attached hydrogens (tertiary/aromatic N) is 1. The minimum atomic E-state index is -0.532. The Morgan fingerprint density at radius 3 is 1.87 bits per heavy atom. The second-order valence-electron chi connectivity index (χ2n) is 10.2. The molecule has 0 heterocycles. The summed E-state index contributed by atoms with van der Waals surface area (Å²) < 4.78 is 13.0. The second-order valence-corrected chi connectivity index (χ2v) is 10.2. The van der Waals surface area contributed by atoms with Crippen molar-refractivity contribution < 1.29 is 29.3 Å². The van der Waals surface area contributed by atoms with E-state index in [1.807, 2.05) is 75.4 Å². The van der Waals surface area contributed by atoms with Crippen LogP contribution in [0.3, 0.4) is 0 Å². The van der Waals surface area contributed by atoms with Gasteiger partial charge in [-0.05, 0) is 43.9 Å². The second kappa shape index (κ2) is 15.7. The van der Waals surface area contributed by atoms with Gasteiger partial charge in [-0.15, -0.1) is 0 Å². The van der Waals surface area contributed by atoms with Gasteiger partial charge in [0, 0.05) is 18.5 Å². The topological polar surface area (TPSA) is 91.2 Å². The van der Waals surface area contributed by atoms with Crippen molar-refractivity contribution in [2.45, 2.75) is 64.9 Å². The predicted octanol–water partition coefficient (Wildman–Crippen LogP) is 4.21. The number of para-hydroxylation sites is 1. The molecule has 0 saturated heterocycles. The molecule has 0 saturated carbocycles. The smallest absolute Gasteiger partial charge is 0.193 e. The van der Waals surface area contributed by atoms with Crippen LogP contribution in [0.5, 0.6) is 5.75 Å². The Labute approximate surface area is 233 Å². The average molecular weight is 538 g/mol. The molecule has 3 aromatic rings. The van der Waals surface area contributed by atoms with Crippen LogP contribution in [0.1, 0.15) is 37.5 Å². The summed E-state index contributed by atoms with van der Waals surface area (Å²) in [6, 6.07) is 27.8. The summed E-state index contributed by atoms with van der Waals surface area (Å²) in [7, 11) is 0. The van der Waals surface area contributed by atoms with E-state index in [0.29, 0.717) is 30.5 Å². The molecule has 3 rings (SSSR count). The average Bonchev–Trinajstić information content (AvgIpc) is 2.91. The van der Waals surface area contributed by atoms with Crippen molar-refractivity contribution in [3.8, 4) is 5.75 Å². The highest BCUT2D eigenvalue weighted by molar-refractivity contribution is 5.32. The number of phenols is 1. The molecular formula is C32H45N2O5+. The first-order valence-corrected chi connectivity index (χ1v) is 13.8. The van der Waals surface area contributed by atoms with Crippen molar-refractivity contribution in [2.75, 3.05) is 26.3 Å². The molecule has 0 amide bonds. The number of nitrogens with one attached hydrogen (secondary N) is 1. The van der Waals surface area contributed by atoms with Gasteiger partial charge in [0.25, 0.3) is 0 Å². The van der Waals surface area contributed by atoms with E-state index >= 15 is 0 Å². The Morgan fingerprint density at radius 1 is 0.718 bits per heavy atom. The van der Waals surface area contributed by atoms with Gasteiger partial charge in [0.1, 0.15) is 31.6 Å². The van der Waals surface area contributed by atoms with Crippen LogP contribution in [0.4, 0.5) is 0 Å². The quantitative estimate of drug-likeness (QED) is 0.152. The highest BCUT2D eigenvalue weighted by atomic mass is 16.7. The molecule has 7 heteroatoms. The number of quaternary nitrogens is 1. The maximum Gasteiger partial charge on any atom is 0.193 e. The van der Waals surface area contributed by atoms with Crippen LogP contribution in [-0.2, 0) is 28.9 Å². The zero-order valence-electron chi connectivity index (χ0n) is 23.4. The molecule has 4 N–H and O–H groups in total. The predicted molar refractivity (Wildman–Crippen MR) is 154 cm³/mol. The number of benzene rings is 3. The summed E-state index contributed by atoms with van der Waals surface area (Å²) in [4.78, 5) is 0. The number of aliphatic hydroxyl groups excluding tert-OH is 2. The van der Waals surface area contributed by atoms with E-state index in [-0.39, 0.29) is 37.5 Å². The fourth-order valence-electron chi connectivity index (χ4n) is 5.24. The van der Waals surface area contributed by atoms with Crippen molar-refractivity contribution in [1.82, 2.24) is 5.32 Å². The largest absolute Gasteiger partial charge is 0.508 e. The summed E-state index contributed by atoms with van der Waals surface area (Å²) >= 11 is 0. The lowest BCUT2D eigenvalue weighted by atomic mass is 9.98. The zero-order valence-corrected chi connectivity index (χ0v) is 23.4. The Bertz CT molecular complexity index is 1080. The van der Waals surface area contributed by atoms with Crippen molar-refractivity contribution >= 4 is 0 Å². The van der Waals surface area contributed by atoms with Gasteiger partial charge in [-0.25, -0.2) is 0 Å². The first kappa shape index (κ1) is 30.8. The molecule has 0 spiro atoms. The van der Waals surface area contributed by atoms with Crippen LogP contribution >= 0.6 is 0 Å². The molecule has 0 radical (unpaired) electrons. The number of aromatic hydroxyl groups is 1. The molecule has 0 aromatic heterocycles. The van der Waals surface area contributed by atoms with Gasteiger partial charge < -0.3 is 24.8 Å². The molecule has 212 valence electrons. The van der Waals surface area contributed by atoms with Crippen molar-refractivity contribution in [3.63, 3.8) is 0 Å². The van der Waals surface area contributed by atoms with E-state index in [1.165, 1.54) is 5.56 Å². The standard InChI is InChI=1S/C32H44N2O5/c1-25(33-31(22-28-12-6-4-7-13-28)23-30-16-10-11-17-32(30)37)38-27(3)39-26(2)34(18-20-35,19-21-36)24-29-14-8-5-9-15-29/h4-17,25-27,31,33,35-36H,18-24H2,1-3H3/p+1. The van der Waals surface area contributed by atoms with E-state index in [0.717, 1.165) is 17.5 Å². The number of hydrogen-bond acceptors (Lipinski definition) is 6. The molecule has 4 unspecified atom stereocenters. The molecule has 0 fully saturated rings. The van der Waals surface area contributed by atoms with Crippen LogP contribution in [0.25, 0.3) is 0 Å². The monoisotopic (exact) mass is 537 g/mol. The van der Waals surface area contributed by atoms with Crippen molar-refractivity contribution in [1.29, 1.82) is 0 Å². The lowest BCUT2D eigenvalue weighted by molar-refractivity contribution is -0.983. The first-order chi connectivity index (χ1) is 18.8. The number of rotatable bonds is 17. The van der Waals surface area contributed by atoms with Gasteiger partial charge in [-0.1, -0.05) is 78.9 Å². The normalized spacial score (nSPS) is 15.0. The first-order valence-electron chi connectivity index (χ1n) is 13.8. The van der Waals surface area contributed by atoms with E-state index in [2.05, 4.69) is 29.6 Å². The van der Waals surface area contributed by atoms with Crippen LogP contribution in [0, 0.1) is 0 Å². The fraction of sp³-hybridized carbons (Fsp3) is 0.438. The number of hydrogen-bond donors (Lipinski definition) is 4. The molecule has 0 aliphatic heterocycles. The van der Waals surface area contributed by atoms with Crippen LogP contribution in [0.2, 0.25) is 0 Å². The molecule has 7 nitrogen and oxygen atoms in total. The third kappa shape index (κ3) is 9.72. The molecule has 4 atom stereocenters. The highest BCUT2D eigenvalue weighted by Crippen LogP contribution is 2.23. The van der Waals surface area contributed by atoms with E-state index in [9.17, 15) is 15.3 Å². The number of ether oxygens (including phenoxy) is 2. The van der Waals surface area contributed by atoms with Crippen molar-refractivity contribution in [2.24, 2.45) is 0 Å². The molecule has 0 bridgehead atoms. The van der Waals surface area contributed by atoms with Crippen molar-refractivity contribution in [3.05, 3.63) is 102 Å². The zero-order chi connectivity index (χ0) is 28.1. The van der Waals surface area contributed by atoms with Crippen LogP contribution in [-0.4, -0.2) is 70.9 Å².